The Morgan fingerprint density at radius 1 is 0.681 bits per heavy atom. The van der Waals surface area contributed by atoms with Gasteiger partial charge in [0.05, 0.1) is 70.1 Å². The molecule has 22 heteroatoms. The van der Waals surface area contributed by atoms with Gasteiger partial charge in [0.2, 0.25) is 11.8 Å². The van der Waals surface area contributed by atoms with E-state index in [1.165, 1.54) is 28.4 Å². The van der Waals surface area contributed by atoms with Gasteiger partial charge in [-0.15, -0.1) is 0 Å². The minimum atomic E-state index is -1.26. The largest absolute Gasteiger partial charge is 0.383 e. The maximum atomic E-state index is 13.5. The van der Waals surface area contributed by atoms with Crippen molar-refractivity contribution in [2.45, 2.75) is 72.2 Å². The highest BCUT2D eigenvalue weighted by atomic mass is 28.3. The maximum Gasteiger partial charge on any atom is 0.314 e. The van der Waals surface area contributed by atoms with Crippen molar-refractivity contribution in [2.75, 3.05) is 68.0 Å². The molecule has 7 N–H and O–H groups in total. The summed E-state index contributed by atoms with van der Waals surface area (Å²) < 4.78 is 7.48. The molecule has 4 aromatic heterocycles. The van der Waals surface area contributed by atoms with Crippen LogP contribution in [0, 0.1) is 11.8 Å². The fourth-order valence-corrected chi connectivity index (χ4v) is 9.36. The van der Waals surface area contributed by atoms with Crippen LogP contribution in [0.3, 0.4) is 0 Å². The number of aromatic nitrogens is 6. The standard InChI is InChI=1S/C28H39N7O4Si.C22H25N7O3/c1-19(2)27(37)33-11-12-34(23(17-33)20-9-7-6-8-10-20)28(38)26(36)32-22-16-30-25(29)21-15-31-35(24(21)22)18-39-13-14-40(3,4)5;1-13(2)21(31)28-8-9-29(17(12-28)14-6-4-3-5-7-14)22(32)20(30)26-16-11-24-19(23)15-10-25-27-18(15)16/h6-10,15-16,19,23H,11-14,17-18H2,1-5H3,(H2,29,30)(H,32,36);3-7,10-11,13,17H,8-9,12H2,1-2H3,(H2,23,24)(H,25,27)(H,26,30)/t23-;17-/m11/s1. The Kier molecular flexibility index (Phi) is 16.3. The Balaban J connectivity index is 0.000000216. The number of amides is 6. The van der Waals surface area contributed by atoms with Gasteiger partial charge in [0, 0.05) is 65.8 Å². The Hall–Kier alpha value is -7.72. The number of nitrogens with zero attached hydrogens (tertiary/aromatic N) is 9. The quantitative estimate of drug-likeness (QED) is 0.0659. The van der Waals surface area contributed by atoms with Crippen LogP contribution in [-0.4, -0.2) is 139 Å². The van der Waals surface area contributed by atoms with Crippen molar-refractivity contribution in [3.05, 3.63) is 96.6 Å². The second kappa shape index (κ2) is 22.6. The number of benzene rings is 2. The summed E-state index contributed by atoms with van der Waals surface area (Å²) in [6.45, 7) is 16.9. The lowest BCUT2D eigenvalue weighted by molar-refractivity contribution is -0.150. The average Bonchev–Trinajstić information content (AvgIpc) is 4.06. The predicted molar refractivity (Wildman–Crippen MR) is 276 cm³/mol. The lowest BCUT2D eigenvalue weighted by Crippen LogP contribution is -2.55. The Morgan fingerprint density at radius 2 is 1.17 bits per heavy atom. The molecule has 2 atom stereocenters. The van der Waals surface area contributed by atoms with Crippen LogP contribution >= 0.6 is 0 Å². The van der Waals surface area contributed by atoms with Crippen LogP contribution in [0.15, 0.2) is 85.5 Å². The van der Waals surface area contributed by atoms with Crippen molar-refractivity contribution in [3.8, 4) is 0 Å². The number of ether oxygens (including phenoxy) is 1. The highest BCUT2D eigenvalue weighted by molar-refractivity contribution is 6.76. The summed E-state index contributed by atoms with van der Waals surface area (Å²) >= 11 is 0. The molecule has 0 unspecified atom stereocenters. The van der Waals surface area contributed by atoms with Gasteiger partial charge in [-0.2, -0.15) is 10.2 Å². The summed E-state index contributed by atoms with van der Waals surface area (Å²) in [4.78, 5) is 93.1. The number of nitrogens with one attached hydrogen (secondary N) is 3. The van der Waals surface area contributed by atoms with Crippen molar-refractivity contribution in [2.24, 2.45) is 11.8 Å². The van der Waals surface area contributed by atoms with E-state index in [2.05, 4.69) is 55.5 Å². The predicted octanol–water partition coefficient (Wildman–Crippen LogP) is 4.88. The van der Waals surface area contributed by atoms with Crippen molar-refractivity contribution >= 4 is 88.3 Å². The zero-order chi connectivity index (χ0) is 51.9. The Bertz CT molecular complexity index is 2920. The summed E-state index contributed by atoms with van der Waals surface area (Å²) in [5.74, 6) is -2.69. The number of rotatable bonds is 11. The Morgan fingerprint density at radius 3 is 1.67 bits per heavy atom. The SMILES string of the molecule is CC(C)C(=O)N1CCN(C(=O)C(=O)Nc2cnc(N)c3cn[nH]c23)[C@@H](c2ccccc2)C1.CC(C)C(=O)N1CCN(C(=O)C(=O)Nc2cnc(N)c3cnn(COCC[Si](C)(C)C)c23)[C@@H](c2ccccc2)C1. The van der Waals surface area contributed by atoms with Crippen LogP contribution in [0.25, 0.3) is 21.8 Å². The number of H-pyrrole nitrogens is 1. The van der Waals surface area contributed by atoms with E-state index in [4.69, 9.17) is 16.2 Å². The Labute approximate surface area is 418 Å². The molecule has 6 heterocycles. The molecule has 0 saturated carbocycles. The van der Waals surface area contributed by atoms with Gasteiger partial charge in [0.15, 0.2) is 0 Å². The summed E-state index contributed by atoms with van der Waals surface area (Å²) in [5.41, 5.74) is 15.3. The van der Waals surface area contributed by atoms with Crippen LogP contribution in [-0.2, 0) is 40.2 Å². The van der Waals surface area contributed by atoms with E-state index in [1.54, 1.807) is 20.7 Å². The van der Waals surface area contributed by atoms with Crippen molar-refractivity contribution in [1.82, 2.24) is 49.5 Å². The number of hydrogen-bond acceptors (Lipinski definition) is 13. The highest BCUT2D eigenvalue weighted by Crippen LogP contribution is 2.31. The average molecular weight is 1000 g/mol. The van der Waals surface area contributed by atoms with Gasteiger partial charge in [-0.1, -0.05) is 108 Å². The van der Waals surface area contributed by atoms with E-state index in [0.29, 0.717) is 66.0 Å². The summed E-state index contributed by atoms with van der Waals surface area (Å²) in [6, 6.07) is 19.0. The molecule has 2 aliphatic rings. The third-order valence-corrected chi connectivity index (χ3v) is 14.3. The van der Waals surface area contributed by atoms with E-state index < -0.39 is 43.8 Å². The van der Waals surface area contributed by atoms with Gasteiger partial charge in [0.25, 0.3) is 0 Å². The molecule has 21 nitrogen and oxygen atoms in total. The third-order valence-electron chi connectivity index (χ3n) is 12.6. The smallest absolute Gasteiger partial charge is 0.314 e. The number of carbonyl (C=O) groups excluding carboxylic acids is 6. The van der Waals surface area contributed by atoms with Gasteiger partial charge in [0.1, 0.15) is 18.4 Å². The van der Waals surface area contributed by atoms with Gasteiger partial charge in [-0.3, -0.25) is 33.9 Å². The molecule has 6 aromatic rings. The van der Waals surface area contributed by atoms with Crippen molar-refractivity contribution in [1.29, 1.82) is 0 Å². The topological polar surface area (TPSA) is 273 Å². The van der Waals surface area contributed by atoms with Crippen LogP contribution in [0.4, 0.5) is 23.0 Å². The minimum absolute atomic E-state index is 0.0214. The number of anilines is 4. The van der Waals surface area contributed by atoms with Crippen molar-refractivity contribution in [3.63, 3.8) is 0 Å². The molecular weight excluding hydrogens is 937 g/mol. The second-order valence-corrected chi connectivity index (χ2v) is 25.3. The van der Waals surface area contributed by atoms with Gasteiger partial charge < -0.3 is 46.4 Å². The first-order valence-corrected chi connectivity index (χ1v) is 27.7. The molecule has 0 spiro atoms. The normalized spacial score (nSPS) is 16.2. The first-order chi connectivity index (χ1) is 34.3. The van der Waals surface area contributed by atoms with Gasteiger partial charge >= 0.3 is 23.6 Å². The number of hydrogen-bond donors (Lipinski definition) is 5. The number of piperazine rings is 2. The third kappa shape index (κ3) is 12.1. The number of nitrogen functional groups attached to an aromatic ring is 2. The second-order valence-electron chi connectivity index (χ2n) is 19.7. The number of fused-ring (bicyclic) bond motifs is 2. The van der Waals surface area contributed by atoms with E-state index in [9.17, 15) is 28.8 Å². The molecule has 2 saturated heterocycles. The molecule has 0 radical (unpaired) electrons. The number of nitrogens with two attached hydrogens (primary N) is 2. The maximum absolute atomic E-state index is 13.5. The molecule has 0 aliphatic carbocycles. The van der Waals surface area contributed by atoms with Crippen LogP contribution in [0.5, 0.6) is 0 Å². The minimum Gasteiger partial charge on any atom is -0.383 e. The van der Waals surface area contributed by atoms with E-state index in [0.717, 1.165) is 17.2 Å². The molecule has 8 rings (SSSR count). The van der Waals surface area contributed by atoms with E-state index in [-0.39, 0.29) is 55.1 Å². The first-order valence-electron chi connectivity index (χ1n) is 24.0. The summed E-state index contributed by atoms with van der Waals surface area (Å²) in [7, 11) is -1.26. The van der Waals surface area contributed by atoms with Crippen LogP contribution in [0.1, 0.15) is 50.9 Å². The first kappa shape index (κ1) is 52.1. The lowest BCUT2D eigenvalue weighted by Gasteiger charge is -2.42. The lowest BCUT2D eigenvalue weighted by atomic mass is 10.0. The number of pyridine rings is 2. The number of carbonyl (C=O) groups is 6. The fraction of sp³-hybridized carbons (Fsp3) is 0.400. The van der Waals surface area contributed by atoms with Crippen LogP contribution in [0.2, 0.25) is 25.7 Å². The molecule has 2 fully saturated rings. The molecule has 2 aliphatic heterocycles. The highest BCUT2D eigenvalue weighted by Gasteiger charge is 2.38. The van der Waals surface area contributed by atoms with E-state index >= 15 is 0 Å². The molecule has 0 bridgehead atoms. The van der Waals surface area contributed by atoms with Crippen molar-refractivity contribution < 1.29 is 33.5 Å². The van der Waals surface area contributed by atoms with Gasteiger partial charge in [-0.25, -0.2) is 14.6 Å². The molecule has 380 valence electrons. The summed E-state index contributed by atoms with van der Waals surface area (Å²) in [6.07, 6.45) is 5.89. The van der Waals surface area contributed by atoms with Gasteiger partial charge in [-0.05, 0) is 17.2 Å². The monoisotopic (exact) mass is 1000 g/mol. The molecule has 6 amide bonds. The zero-order valence-corrected chi connectivity index (χ0v) is 42.8. The molecular formula is C50H64N14O7Si. The summed E-state index contributed by atoms with van der Waals surface area (Å²) in [5, 5.41) is 17.5. The molecule has 2 aromatic carbocycles. The van der Waals surface area contributed by atoms with Crippen LogP contribution < -0.4 is 22.1 Å². The van der Waals surface area contributed by atoms with E-state index in [1.807, 2.05) is 88.4 Å². The molecule has 72 heavy (non-hydrogen) atoms. The zero-order valence-electron chi connectivity index (χ0n) is 41.8. The number of aromatic amines is 1. The fourth-order valence-electron chi connectivity index (χ4n) is 8.61.